The highest BCUT2D eigenvalue weighted by molar-refractivity contribution is 6.07. The normalized spacial score (nSPS) is 20.9. The van der Waals surface area contributed by atoms with Gasteiger partial charge in [-0.05, 0) is 82.6 Å². The Morgan fingerprint density at radius 2 is 1.77 bits per heavy atom. The molecule has 1 saturated heterocycles. The third-order valence-corrected chi connectivity index (χ3v) is 8.12. The molecule has 5 rings (SSSR count). The van der Waals surface area contributed by atoms with Crippen LogP contribution in [0.2, 0.25) is 0 Å². The summed E-state index contributed by atoms with van der Waals surface area (Å²) in [5, 5.41) is 16.4. The lowest BCUT2D eigenvalue weighted by molar-refractivity contribution is 0.00336. The van der Waals surface area contributed by atoms with Crippen molar-refractivity contribution in [2.24, 2.45) is 11.8 Å². The predicted molar refractivity (Wildman–Crippen MR) is 166 cm³/mol. The summed E-state index contributed by atoms with van der Waals surface area (Å²) < 4.78 is 10.9. The van der Waals surface area contributed by atoms with Gasteiger partial charge in [0.15, 0.2) is 0 Å². The number of aliphatic hydroxyl groups excluding tert-OH is 1. The number of nitrogens with one attached hydrogen (secondary N) is 2. The van der Waals surface area contributed by atoms with Gasteiger partial charge in [-0.15, -0.1) is 0 Å². The Balaban J connectivity index is 1.20. The molecule has 1 aliphatic heterocycles. The van der Waals surface area contributed by atoms with Crippen LogP contribution in [0.5, 0.6) is 0 Å². The fraction of sp³-hybridized carbons (Fsp3) is 0.515. The van der Waals surface area contributed by atoms with E-state index in [1.54, 1.807) is 6.20 Å². The molecule has 10 nitrogen and oxygen atoms in total. The molecule has 2 aliphatic rings. The molecule has 3 N–H and O–H groups in total. The van der Waals surface area contributed by atoms with Gasteiger partial charge in [-0.2, -0.15) is 0 Å². The molecule has 3 heterocycles. The molecule has 0 bridgehead atoms. The Bertz CT molecular complexity index is 1400. The Morgan fingerprint density at radius 3 is 2.44 bits per heavy atom. The van der Waals surface area contributed by atoms with E-state index in [9.17, 15) is 14.7 Å². The van der Waals surface area contributed by atoms with Gasteiger partial charge in [-0.25, -0.2) is 14.8 Å². The number of morpholine rings is 1. The van der Waals surface area contributed by atoms with Crippen molar-refractivity contribution in [1.29, 1.82) is 0 Å². The van der Waals surface area contributed by atoms with E-state index in [-0.39, 0.29) is 24.7 Å². The van der Waals surface area contributed by atoms with Gasteiger partial charge in [0, 0.05) is 43.3 Å². The van der Waals surface area contributed by atoms with Gasteiger partial charge in [-0.3, -0.25) is 4.79 Å². The summed E-state index contributed by atoms with van der Waals surface area (Å²) in [4.78, 5) is 37.1. The van der Waals surface area contributed by atoms with E-state index in [0.717, 1.165) is 48.0 Å². The van der Waals surface area contributed by atoms with Gasteiger partial charge in [0.1, 0.15) is 11.4 Å². The zero-order valence-electron chi connectivity index (χ0n) is 25.3. The van der Waals surface area contributed by atoms with E-state index in [4.69, 9.17) is 14.5 Å². The summed E-state index contributed by atoms with van der Waals surface area (Å²) in [5.74, 6) is 1.53. The molecular formula is C33H43N5O5. The second-order valence-corrected chi connectivity index (χ2v) is 12.6. The summed E-state index contributed by atoms with van der Waals surface area (Å²) >= 11 is 0. The summed E-state index contributed by atoms with van der Waals surface area (Å²) in [5.41, 5.74) is 2.37. The molecule has 1 aliphatic carbocycles. The number of aromatic nitrogens is 2. The van der Waals surface area contributed by atoms with Crippen molar-refractivity contribution in [3.8, 4) is 11.3 Å². The van der Waals surface area contributed by atoms with Gasteiger partial charge >= 0.3 is 6.09 Å². The number of fused-ring (bicyclic) bond motifs is 1. The largest absolute Gasteiger partial charge is 0.444 e. The quantitative estimate of drug-likeness (QED) is 0.349. The average Bonchev–Trinajstić information content (AvgIpc) is 3.02. The number of alkyl carbamates (subject to hydrolysis) is 1. The molecule has 10 heteroatoms. The molecule has 2 aromatic heterocycles. The van der Waals surface area contributed by atoms with Crippen LogP contribution in [0, 0.1) is 11.8 Å². The van der Waals surface area contributed by atoms with Crippen molar-refractivity contribution in [2.45, 2.75) is 58.2 Å². The third kappa shape index (κ3) is 8.20. The number of ether oxygens (including phenoxy) is 2. The average molecular weight is 590 g/mol. The topological polar surface area (TPSA) is 126 Å². The standard InChI is InChI=1S/C33H43N5O5/c1-33(2,3)43-32(41)36-18-23-10-8-22(9-11-23)17-35-31(40)27-16-29(37-28-7-5-4-6-26(27)28)24-12-13-30(34-19-24)38-14-15-42-25(20-38)21-39/h4-7,12-13,16,19,22-23,25,39H,8-11,14-15,17-18,20-21H2,1-3H3,(H,35,40)(H,36,41). The number of para-hydroxylation sites is 1. The first-order valence-electron chi connectivity index (χ1n) is 15.3. The maximum absolute atomic E-state index is 13.5. The molecule has 0 spiro atoms. The van der Waals surface area contributed by atoms with E-state index in [0.29, 0.717) is 55.9 Å². The van der Waals surface area contributed by atoms with Crippen LogP contribution in [0.4, 0.5) is 10.6 Å². The van der Waals surface area contributed by atoms with Crippen molar-refractivity contribution < 1.29 is 24.2 Å². The monoisotopic (exact) mass is 589 g/mol. The number of carbonyl (C=O) groups excluding carboxylic acids is 2. The van der Waals surface area contributed by atoms with E-state index in [1.807, 2.05) is 63.2 Å². The van der Waals surface area contributed by atoms with Crippen molar-refractivity contribution in [3.63, 3.8) is 0 Å². The smallest absolute Gasteiger partial charge is 0.407 e. The Kier molecular flexibility index (Phi) is 9.77. The van der Waals surface area contributed by atoms with Crippen LogP contribution in [0.3, 0.4) is 0 Å². The van der Waals surface area contributed by atoms with Crippen molar-refractivity contribution in [2.75, 3.05) is 44.3 Å². The molecule has 0 radical (unpaired) electrons. The number of rotatable bonds is 8. The van der Waals surface area contributed by atoms with Crippen LogP contribution in [0.15, 0.2) is 48.7 Å². The van der Waals surface area contributed by atoms with Crippen LogP contribution >= 0.6 is 0 Å². The van der Waals surface area contributed by atoms with Crippen LogP contribution < -0.4 is 15.5 Å². The molecule has 1 aromatic carbocycles. The Labute approximate surface area is 253 Å². The first-order chi connectivity index (χ1) is 20.7. The van der Waals surface area contributed by atoms with E-state index in [2.05, 4.69) is 20.5 Å². The van der Waals surface area contributed by atoms with Crippen LogP contribution in [-0.2, 0) is 9.47 Å². The number of aliphatic hydroxyl groups is 1. The van der Waals surface area contributed by atoms with Crippen molar-refractivity contribution in [3.05, 3.63) is 54.2 Å². The molecule has 3 aromatic rings. The molecule has 2 fully saturated rings. The van der Waals surface area contributed by atoms with Gasteiger partial charge in [-0.1, -0.05) is 18.2 Å². The summed E-state index contributed by atoms with van der Waals surface area (Å²) in [6.07, 6.45) is 5.22. The molecule has 1 atom stereocenters. The minimum atomic E-state index is -0.503. The number of benzene rings is 1. The third-order valence-electron chi connectivity index (χ3n) is 8.12. The van der Waals surface area contributed by atoms with Gasteiger partial charge in [0.25, 0.3) is 5.91 Å². The van der Waals surface area contributed by atoms with Gasteiger partial charge in [0.05, 0.1) is 36.1 Å². The molecule has 1 unspecified atom stereocenters. The highest BCUT2D eigenvalue weighted by Crippen LogP contribution is 2.29. The maximum Gasteiger partial charge on any atom is 0.407 e. The fourth-order valence-electron chi connectivity index (χ4n) is 5.79. The number of hydrogen-bond acceptors (Lipinski definition) is 8. The van der Waals surface area contributed by atoms with Crippen molar-refractivity contribution >= 4 is 28.7 Å². The van der Waals surface area contributed by atoms with Crippen LogP contribution in [0.1, 0.15) is 56.8 Å². The second-order valence-electron chi connectivity index (χ2n) is 12.6. The lowest BCUT2D eigenvalue weighted by Gasteiger charge is -2.32. The second kappa shape index (κ2) is 13.7. The van der Waals surface area contributed by atoms with E-state index >= 15 is 0 Å². The van der Waals surface area contributed by atoms with E-state index < -0.39 is 5.60 Å². The zero-order valence-corrected chi connectivity index (χ0v) is 25.3. The molecule has 2 amide bonds. The lowest BCUT2D eigenvalue weighted by Crippen LogP contribution is -2.44. The SMILES string of the molecule is CC(C)(C)OC(=O)NCC1CCC(CNC(=O)c2cc(-c3ccc(N4CCOC(CO)C4)nc3)nc3ccccc23)CC1. The first kappa shape index (κ1) is 30.7. The number of hydrogen-bond donors (Lipinski definition) is 3. The molecule has 43 heavy (non-hydrogen) atoms. The number of anilines is 1. The van der Waals surface area contributed by atoms with Gasteiger partial charge in [0.2, 0.25) is 0 Å². The highest BCUT2D eigenvalue weighted by Gasteiger charge is 2.24. The Hall–Kier alpha value is -3.76. The van der Waals surface area contributed by atoms with E-state index in [1.165, 1.54) is 0 Å². The fourth-order valence-corrected chi connectivity index (χ4v) is 5.79. The minimum Gasteiger partial charge on any atom is -0.444 e. The lowest BCUT2D eigenvalue weighted by atomic mass is 9.82. The summed E-state index contributed by atoms with van der Waals surface area (Å²) in [6.45, 7) is 8.64. The zero-order chi connectivity index (χ0) is 30.4. The van der Waals surface area contributed by atoms with Crippen molar-refractivity contribution in [1.82, 2.24) is 20.6 Å². The van der Waals surface area contributed by atoms with Crippen LogP contribution in [-0.4, -0.2) is 78.2 Å². The summed E-state index contributed by atoms with van der Waals surface area (Å²) in [6, 6.07) is 13.5. The number of amides is 2. The predicted octanol–water partition coefficient (Wildman–Crippen LogP) is 4.56. The number of carbonyl (C=O) groups is 2. The molecule has 1 saturated carbocycles. The van der Waals surface area contributed by atoms with Crippen LogP contribution in [0.25, 0.3) is 22.2 Å². The molecular weight excluding hydrogens is 546 g/mol. The molecule has 230 valence electrons. The number of nitrogens with zero attached hydrogens (tertiary/aromatic N) is 3. The Morgan fingerprint density at radius 1 is 1.05 bits per heavy atom. The first-order valence-corrected chi connectivity index (χ1v) is 15.3. The number of pyridine rings is 2. The summed E-state index contributed by atoms with van der Waals surface area (Å²) in [7, 11) is 0. The maximum atomic E-state index is 13.5. The van der Waals surface area contributed by atoms with Gasteiger partial charge < -0.3 is 30.1 Å². The minimum absolute atomic E-state index is 0.0188. The highest BCUT2D eigenvalue weighted by atomic mass is 16.6.